The fraction of sp³-hybridized carbons (Fsp3) is 0.0435. The predicted octanol–water partition coefficient (Wildman–Crippen LogP) is 5.69. The first-order valence-electron chi connectivity index (χ1n) is 8.47. The van der Waals surface area contributed by atoms with Gasteiger partial charge in [-0.2, -0.15) is 5.26 Å². The van der Waals surface area contributed by atoms with Crippen LogP contribution in [0.1, 0.15) is 11.1 Å². The van der Waals surface area contributed by atoms with Crippen LogP contribution < -0.4 is 5.32 Å². The molecule has 3 aromatic carbocycles. The second-order valence-corrected chi connectivity index (χ2v) is 7.12. The Kier molecular flexibility index (Phi) is 6.09. The molecule has 0 atom stereocenters. The molecule has 3 nitrogen and oxygen atoms in total. The van der Waals surface area contributed by atoms with Crippen molar-refractivity contribution in [1.82, 2.24) is 0 Å². The van der Waals surface area contributed by atoms with Gasteiger partial charge < -0.3 is 5.32 Å². The van der Waals surface area contributed by atoms with E-state index in [-0.39, 0.29) is 5.57 Å². The van der Waals surface area contributed by atoms with E-state index in [2.05, 4.69) is 36.5 Å². The molecule has 4 heteroatoms. The molecule has 0 saturated carbocycles. The molecule has 0 aromatic heterocycles. The van der Waals surface area contributed by atoms with E-state index in [0.717, 1.165) is 10.5 Å². The van der Waals surface area contributed by atoms with E-state index >= 15 is 0 Å². The first-order chi connectivity index (χ1) is 13.1. The Hall–Kier alpha value is -3.29. The average Bonchev–Trinajstić information content (AvgIpc) is 2.70. The predicted molar refractivity (Wildman–Crippen MR) is 110 cm³/mol. The first-order valence-corrected chi connectivity index (χ1v) is 9.28. The van der Waals surface area contributed by atoms with Crippen molar-refractivity contribution in [2.24, 2.45) is 0 Å². The fourth-order valence-electron chi connectivity index (χ4n) is 2.41. The van der Waals surface area contributed by atoms with Gasteiger partial charge in [0.05, 0.1) is 0 Å². The number of nitrogens with one attached hydrogen (secondary N) is 1. The van der Waals surface area contributed by atoms with Crippen LogP contribution in [0.15, 0.2) is 94.2 Å². The van der Waals surface area contributed by atoms with Crippen LogP contribution in [0.4, 0.5) is 5.69 Å². The van der Waals surface area contributed by atoms with Crippen LogP contribution >= 0.6 is 11.8 Å². The summed E-state index contributed by atoms with van der Waals surface area (Å²) >= 11 is 1.67. The molecule has 0 heterocycles. The molecule has 3 rings (SSSR count). The maximum atomic E-state index is 12.3. The zero-order chi connectivity index (χ0) is 19.1. The summed E-state index contributed by atoms with van der Waals surface area (Å²) in [4.78, 5) is 14.5. The largest absolute Gasteiger partial charge is 0.321 e. The zero-order valence-corrected chi connectivity index (χ0v) is 15.7. The van der Waals surface area contributed by atoms with Crippen LogP contribution in [0.5, 0.6) is 0 Å². The maximum Gasteiger partial charge on any atom is 0.266 e. The van der Waals surface area contributed by atoms with Crippen LogP contribution in [-0.4, -0.2) is 5.91 Å². The summed E-state index contributed by atoms with van der Waals surface area (Å²) < 4.78 is 0. The Morgan fingerprint density at radius 3 is 2.11 bits per heavy atom. The molecule has 0 radical (unpaired) electrons. The van der Waals surface area contributed by atoms with Gasteiger partial charge in [0.2, 0.25) is 0 Å². The van der Waals surface area contributed by atoms with Crippen molar-refractivity contribution in [2.45, 2.75) is 16.7 Å². The Morgan fingerprint density at radius 2 is 1.52 bits per heavy atom. The third kappa shape index (κ3) is 5.34. The van der Waals surface area contributed by atoms with Crippen molar-refractivity contribution in [1.29, 1.82) is 5.26 Å². The summed E-state index contributed by atoms with van der Waals surface area (Å²) in [5.74, 6) is -0.415. The number of nitriles is 1. The summed E-state index contributed by atoms with van der Waals surface area (Å²) in [5, 5.41) is 12.1. The second kappa shape index (κ2) is 8.88. The number of carbonyl (C=O) groups excluding carboxylic acids is 1. The molecule has 0 aliphatic carbocycles. The molecule has 3 aromatic rings. The second-order valence-electron chi connectivity index (χ2n) is 5.97. The number of amides is 1. The molecule has 0 saturated heterocycles. The Balaban J connectivity index is 1.70. The number of hydrogen-bond donors (Lipinski definition) is 1. The number of anilines is 1. The van der Waals surface area contributed by atoms with E-state index in [1.807, 2.05) is 48.5 Å². The minimum atomic E-state index is -0.415. The number of para-hydroxylation sites is 1. The van der Waals surface area contributed by atoms with Crippen LogP contribution in [0.25, 0.3) is 6.08 Å². The first kappa shape index (κ1) is 18.5. The molecule has 0 bridgehead atoms. The van der Waals surface area contributed by atoms with E-state index in [9.17, 15) is 10.1 Å². The van der Waals surface area contributed by atoms with Gasteiger partial charge in [0.25, 0.3) is 5.91 Å². The van der Waals surface area contributed by atoms with Crippen LogP contribution in [-0.2, 0) is 4.79 Å². The SMILES string of the molecule is Cc1ccc(Sc2ccc(/C=C(\C#N)C(=O)Nc3ccccc3)cc2)cc1. The summed E-state index contributed by atoms with van der Waals surface area (Å²) in [5.41, 5.74) is 2.77. The van der Waals surface area contributed by atoms with Crippen LogP contribution in [0.3, 0.4) is 0 Å². The zero-order valence-electron chi connectivity index (χ0n) is 14.8. The quantitative estimate of drug-likeness (QED) is 0.463. The maximum absolute atomic E-state index is 12.3. The van der Waals surface area contributed by atoms with Crippen molar-refractivity contribution >= 4 is 29.4 Å². The van der Waals surface area contributed by atoms with Crippen molar-refractivity contribution in [3.63, 3.8) is 0 Å². The molecule has 0 aliphatic rings. The highest BCUT2D eigenvalue weighted by molar-refractivity contribution is 7.99. The number of hydrogen-bond acceptors (Lipinski definition) is 3. The molecule has 1 amide bonds. The lowest BCUT2D eigenvalue weighted by atomic mass is 10.1. The molecule has 1 N–H and O–H groups in total. The summed E-state index contributed by atoms with van der Waals surface area (Å²) in [6.45, 7) is 2.07. The number of carbonyl (C=O) groups is 1. The van der Waals surface area contributed by atoms with E-state index in [0.29, 0.717) is 5.69 Å². The van der Waals surface area contributed by atoms with Gasteiger partial charge in [-0.15, -0.1) is 0 Å². The van der Waals surface area contributed by atoms with E-state index in [4.69, 9.17) is 0 Å². The van der Waals surface area contributed by atoms with Gasteiger partial charge in [-0.25, -0.2) is 0 Å². The number of benzene rings is 3. The van der Waals surface area contributed by atoms with Gasteiger partial charge in [-0.3, -0.25) is 4.79 Å². The van der Waals surface area contributed by atoms with Crippen LogP contribution in [0, 0.1) is 18.3 Å². The molecule has 0 unspecified atom stereocenters. The van der Waals surface area contributed by atoms with Gasteiger partial charge in [0.1, 0.15) is 11.6 Å². The highest BCUT2D eigenvalue weighted by atomic mass is 32.2. The Morgan fingerprint density at radius 1 is 0.926 bits per heavy atom. The molecular formula is C23H18N2OS. The molecule has 27 heavy (non-hydrogen) atoms. The molecule has 132 valence electrons. The lowest BCUT2D eigenvalue weighted by Crippen LogP contribution is -2.13. The van der Waals surface area contributed by atoms with Crippen molar-refractivity contribution in [3.8, 4) is 6.07 Å². The highest BCUT2D eigenvalue weighted by Crippen LogP contribution is 2.28. The van der Waals surface area contributed by atoms with Gasteiger partial charge >= 0.3 is 0 Å². The van der Waals surface area contributed by atoms with Gasteiger partial charge in [-0.1, -0.05) is 59.8 Å². The number of nitrogens with zero attached hydrogens (tertiary/aromatic N) is 1. The topological polar surface area (TPSA) is 52.9 Å². The molecule has 0 fully saturated rings. The van der Waals surface area contributed by atoms with Crippen molar-refractivity contribution < 1.29 is 4.79 Å². The summed E-state index contributed by atoms with van der Waals surface area (Å²) in [7, 11) is 0. The molecule has 0 aliphatic heterocycles. The van der Waals surface area contributed by atoms with Crippen LogP contribution in [0.2, 0.25) is 0 Å². The monoisotopic (exact) mass is 370 g/mol. The number of aryl methyl sites for hydroxylation is 1. The Labute approximate surface area is 163 Å². The van der Waals surface area contributed by atoms with Crippen molar-refractivity contribution in [2.75, 3.05) is 5.32 Å². The number of rotatable bonds is 5. The standard InChI is InChI=1S/C23H18N2OS/c1-17-7-11-21(12-8-17)27-22-13-9-18(10-14-22)15-19(16-24)23(26)25-20-5-3-2-4-6-20/h2-15H,1H3,(H,25,26)/b19-15+. The fourth-order valence-corrected chi connectivity index (χ4v) is 3.23. The lowest BCUT2D eigenvalue weighted by molar-refractivity contribution is -0.112. The summed E-state index contributed by atoms with van der Waals surface area (Å²) in [6.07, 6.45) is 1.60. The normalized spacial score (nSPS) is 10.9. The third-order valence-electron chi connectivity index (χ3n) is 3.84. The Bertz CT molecular complexity index is 985. The minimum Gasteiger partial charge on any atom is -0.321 e. The van der Waals surface area contributed by atoms with E-state index in [1.165, 1.54) is 10.5 Å². The van der Waals surface area contributed by atoms with Gasteiger partial charge in [-0.05, 0) is 55.0 Å². The smallest absolute Gasteiger partial charge is 0.266 e. The van der Waals surface area contributed by atoms with Crippen molar-refractivity contribution in [3.05, 3.63) is 95.6 Å². The third-order valence-corrected chi connectivity index (χ3v) is 4.86. The highest BCUT2D eigenvalue weighted by Gasteiger charge is 2.09. The lowest BCUT2D eigenvalue weighted by Gasteiger charge is -2.05. The van der Waals surface area contributed by atoms with E-state index in [1.54, 1.807) is 30.0 Å². The summed E-state index contributed by atoms with van der Waals surface area (Å²) in [6, 6.07) is 27.2. The molecular weight excluding hydrogens is 352 g/mol. The molecule has 0 spiro atoms. The van der Waals surface area contributed by atoms with Gasteiger partial charge in [0.15, 0.2) is 0 Å². The van der Waals surface area contributed by atoms with E-state index < -0.39 is 5.91 Å². The van der Waals surface area contributed by atoms with Gasteiger partial charge in [0, 0.05) is 15.5 Å². The minimum absolute atomic E-state index is 0.0674. The average molecular weight is 370 g/mol.